The standard InChI is InChI=1S/C18H21N3O3/c1-23-15-6-4-13(12-21-8-2-3-9-21)10-16(15)24-17-7-5-14(11-20-17)18(19)22/h4-7,10-11H,2-3,8-9,12H2,1H3,(H2,19,22). The quantitative estimate of drug-likeness (QED) is 0.882. The van der Waals surface area contributed by atoms with E-state index in [-0.39, 0.29) is 0 Å². The molecule has 1 aliphatic heterocycles. The first-order valence-electron chi connectivity index (χ1n) is 7.98. The molecule has 1 amide bonds. The first kappa shape index (κ1) is 16.3. The van der Waals surface area contributed by atoms with E-state index in [1.54, 1.807) is 19.2 Å². The van der Waals surface area contributed by atoms with E-state index in [2.05, 4.69) is 9.88 Å². The van der Waals surface area contributed by atoms with Crippen LogP contribution >= 0.6 is 0 Å². The zero-order valence-corrected chi connectivity index (χ0v) is 13.7. The number of methoxy groups -OCH3 is 1. The number of carbonyl (C=O) groups excluding carboxylic acids is 1. The summed E-state index contributed by atoms with van der Waals surface area (Å²) in [5, 5.41) is 0. The Labute approximate surface area is 141 Å². The minimum absolute atomic E-state index is 0.345. The van der Waals surface area contributed by atoms with Crippen LogP contribution in [-0.2, 0) is 6.54 Å². The number of rotatable bonds is 6. The van der Waals surface area contributed by atoms with Crippen molar-refractivity contribution in [3.05, 3.63) is 47.7 Å². The largest absolute Gasteiger partial charge is 0.493 e. The molecule has 1 saturated heterocycles. The molecule has 0 atom stereocenters. The molecule has 0 radical (unpaired) electrons. The van der Waals surface area contributed by atoms with Crippen LogP contribution in [0.5, 0.6) is 17.4 Å². The highest BCUT2D eigenvalue weighted by atomic mass is 16.5. The molecular weight excluding hydrogens is 306 g/mol. The maximum absolute atomic E-state index is 11.1. The normalized spacial score (nSPS) is 14.5. The van der Waals surface area contributed by atoms with Gasteiger partial charge in [-0.15, -0.1) is 0 Å². The topological polar surface area (TPSA) is 77.7 Å². The fourth-order valence-electron chi connectivity index (χ4n) is 2.80. The Balaban J connectivity index is 1.78. The van der Waals surface area contributed by atoms with E-state index in [4.69, 9.17) is 15.2 Å². The Kier molecular flexibility index (Phi) is 4.96. The second-order valence-corrected chi connectivity index (χ2v) is 5.82. The fourth-order valence-corrected chi connectivity index (χ4v) is 2.80. The molecule has 0 aliphatic carbocycles. The third-order valence-electron chi connectivity index (χ3n) is 4.07. The summed E-state index contributed by atoms with van der Waals surface area (Å²) in [6, 6.07) is 9.13. The summed E-state index contributed by atoms with van der Waals surface area (Å²) in [6.07, 6.45) is 3.92. The molecule has 2 aromatic rings. The van der Waals surface area contributed by atoms with Gasteiger partial charge in [-0.3, -0.25) is 9.69 Å². The molecule has 1 aromatic heterocycles. The van der Waals surface area contributed by atoms with Gasteiger partial charge >= 0.3 is 0 Å². The van der Waals surface area contributed by atoms with Gasteiger partial charge in [0.2, 0.25) is 11.8 Å². The number of ether oxygens (including phenoxy) is 2. The van der Waals surface area contributed by atoms with Gasteiger partial charge in [0.05, 0.1) is 12.7 Å². The molecule has 0 saturated carbocycles. The molecule has 126 valence electrons. The number of aromatic nitrogens is 1. The van der Waals surface area contributed by atoms with Gasteiger partial charge in [0, 0.05) is 18.8 Å². The summed E-state index contributed by atoms with van der Waals surface area (Å²) in [6.45, 7) is 3.17. The van der Waals surface area contributed by atoms with E-state index in [0.717, 1.165) is 19.6 Å². The number of hydrogen-bond donors (Lipinski definition) is 1. The number of amides is 1. The highest BCUT2D eigenvalue weighted by Gasteiger charge is 2.14. The van der Waals surface area contributed by atoms with Crippen LogP contribution < -0.4 is 15.2 Å². The molecule has 3 rings (SSSR count). The van der Waals surface area contributed by atoms with Crippen LogP contribution in [0.4, 0.5) is 0 Å². The van der Waals surface area contributed by atoms with Crippen molar-refractivity contribution in [2.45, 2.75) is 19.4 Å². The van der Waals surface area contributed by atoms with Crippen LogP contribution in [0.2, 0.25) is 0 Å². The van der Waals surface area contributed by atoms with Gasteiger partial charge in [-0.1, -0.05) is 6.07 Å². The third-order valence-corrected chi connectivity index (χ3v) is 4.07. The summed E-state index contributed by atoms with van der Waals surface area (Å²) < 4.78 is 11.2. The Morgan fingerprint density at radius 1 is 1.21 bits per heavy atom. The highest BCUT2D eigenvalue weighted by molar-refractivity contribution is 5.92. The Bertz CT molecular complexity index is 710. The van der Waals surface area contributed by atoms with Crippen LogP contribution in [0.15, 0.2) is 36.5 Å². The van der Waals surface area contributed by atoms with Crippen LogP contribution in [0.1, 0.15) is 28.8 Å². The summed E-state index contributed by atoms with van der Waals surface area (Å²) >= 11 is 0. The van der Waals surface area contributed by atoms with Crippen LogP contribution in [0.25, 0.3) is 0 Å². The zero-order chi connectivity index (χ0) is 16.9. The maximum atomic E-state index is 11.1. The molecule has 1 aliphatic rings. The third kappa shape index (κ3) is 3.83. The summed E-state index contributed by atoms with van der Waals surface area (Å²) in [4.78, 5) is 17.6. The average molecular weight is 327 g/mol. The summed E-state index contributed by atoms with van der Waals surface area (Å²) in [7, 11) is 1.60. The van der Waals surface area contributed by atoms with Crippen molar-refractivity contribution < 1.29 is 14.3 Å². The lowest BCUT2D eigenvalue weighted by molar-refractivity contribution is 0.1000. The number of likely N-dealkylation sites (tertiary alicyclic amines) is 1. The Morgan fingerprint density at radius 3 is 2.62 bits per heavy atom. The van der Waals surface area contributed by atoms with Crippen LogP contribution in [0.3, 0.4) is 0 Å². The molecular formula is C18H21N3O3. The van der Waals surface area contributed by atoms with E-state index in [1.807, 2.05) is 18.2 Å². The van der Waals surface area contributed by atoms with Gasteiger partial charge in [0.25, 0.3) is 0 Å². The SMILES string of the molecule is COc1ccc(CN2CCCC2)cc1Oc1ccc(C(N)=O)cn1. The van der Waals surface area contributed by atoms with Gasteiger partial charge < -0.3 is 15.2 Å². The maximum Gasteiger partial charge on any atom is 0.250 e. The van der Waals surface area contributed by atoms with E-state index in [9.17, 15) is 4.79 Å². The van der Waals surface area contributed by atoms with Gasteiger partial charge in [0.1, 0.15) is 0 Å². The van der Waals surface area contributed by atoms with E-state index in [1.165, 1.54) is 24.6 Å². The fraction of sp³-hybridized carbons (Fsp3) is 0.333. The van der Waals surface area contributed by atoms with E-state index < -0.39 is 5.91 Å². The second kappa shape index (κ2) is 7.31. The monoisotopic (exact) mass is 327 g/mol. The highest BCUT2D eigenvalue weighted by Crippen LogP contribution is 2.32. The van der Waals surface area contributed by atoms with Gasteiger partial charge in [0.15, 0.2) is 11.5 Å². The second-order valence-electron chi connectivity index (χ2n) is 5.82. The van der Waals surface area contributed by atoms with Gasteiger partial charge in [-0.2, -0.15) is 0 Å². The summed E-state index contributed by atoms with van der Waals surface area (Å²) in [5.74, 6) is 1.12. The lowest BCUT2D eigenvalue weighted by Crippen LogP contribution is -2.18. The lowest BCUT2D eigenvalue weighted by atomic mass is 10.2. The smallest absolute Gasteiger partial charge is 0.250 e. The molecule has 2 heterocycles. The molecule has 1 fully saturated rings. The Morgan fingerprint density at radius 2 is 2.00 bits per heavy atom. The molecule has 0 bridgehead atoms. The van der Waals surface area contributed by atoms with Crippen molar-refractivity contribution in [2.24, 2.45) is 5.73 Å². The number of hydrogen-bond acceptors (Lipinski definition) is 5. The Hall–Kier alpha value is -2.60. The van der Waals surface area contributed by atoms with Gasteiger partial charge in [-0.25, -0.2) is 4.98 Å². The molecule has 2 N–H and O–H groups in total. The van der Waals surface area contributed by atoms with Crippen molar-refractivity contribution in [1.29, 1.82) is 0 Å². The number of primary amides is 1. The van der Waals surface area contributed by atoms with Crippen molar-refractivity contribution in [3.8, 4) is 17.4 Å². The summed E-state index contributed by atoms with van der Waals surface area (Å²) in [5.41, 5.74) is 6.73. The van der Waals surface area contributed by atoms with Crippen molar-refractivity contribution in [3.63, 3.8) is 0 Å². The predicted octanol–water partition coefficient (Wildman–Crippen LogP) is 2.58. The molecule has 6 heteroatoms. The molecule has 24 heavy (non-hydrogen) atoms. The van der Waals surface area contributed by atoms with Crippen LogP contribution in [-0.4, -0.2) is 36.0 Å². The number of benzene rings is 1. The van der Waals surface area contributed by atoms with Crippen molar-refractivity contribution >= 4 is 5.91 Å². The van der Waals surface area contributed by atoms with Crippen LogP contribution in [0, 0.1) is 0 Å². The molecule has 0 spiro atoms. The number of nitrogens with zero attached hydrogens (tertiary/aromatic N) is 2. The minimum Gasteiger partial charge on any atom is -0.493 e. The predicted molar refractivity (Wildman–Crippen MR) is 90.3 cm³/mol. The average Bonchev–Trinajstić information content (AvgIpc) is 3.09. The first-order chi connectivity index (χ1) is 11.7. The van der Waals surface area contributed by atoms with Crippen molar-refractivity contribution in [2.75, 3.05) is 20.2 Å². The number of pyridine rings is 1. The minimum atomic E-state index is -0.515. The number of nitrogens with two attached hydrogens (primary N) is 1. The zero-order valence-electron chi connectivity index (χ0n) is 13.7. The first-order valence-corrected chi connectivity index (χ1v) is 7.98. The lowest BCUT2D eigenvalue weighted by Gasteiger charge is -2.16. The van der Waals surface area contributed by atoms with E-state index >= 15 is 0 Å². The van der Waals surface area contributed by atoms with E-state index in [0.29, 0.717) is 22.9 Å². The molecule has 6 nitrogen and oxygen atoms in total. The molecule has 1 aromatic carbocycles. The van der Waals surface area contributed by atoms with Crippen molar-refractivity contribution in [1.82, 2.24) is 9.88 Å². The number of carbonyl (C=O) groups is 1. The molecule has 0 unspecified atom stereocenters. The van der Waals surface area contributed by atoms with Gasteiger partial charge in [-0.05, 0) is 49.7 Å².